The van der Waals surface area contributed by atoms with E-state index in [0.717, 1.165) is 31.9 Å². The molecule has 0 aromatic heterocycles. The predicted octanol–water partition coefficient (Wildman–Crippen LogP) is 3.63. The molecule has 1 N–H and O–H groups in total. The van der Waals surface area contributed by atoms with Gasteiger partial charge >= 0.3 is 0 Å². The molecule has 126 valence electrons. The minimum atomic E-state index is -1.57. The van der Waals surface area contributed by atoms with Crippen LogP contribution in [0.5, 0.6) is 5.75 Å². The van der Waals surface area contributed by atoms with Crippen LogP contribution in [-0.2, 0) is 0 Å². The van der Waals surface area contributed by atoms with Crippen LogP contribution in [0.15, 0.2) is 24.3 Å². The molecule has 22 heavy (non-hydrogen) atoms. The summed E-state index contributed by atoms with van der Waals surface area (Å²) >= 11 is 0. The molecule has 1 fully saturated rings. The van der Waals surface area contributed by atoms with Crippen LogP contribution in [0.25, 0.3) is 0 Å². The Kier molecular flexibility index (Phi) is 7.83. The van der Waals surface area contributed by atoms with Gasteiger partial charge < -0.3 is 9.74 Å². The Bertz CT molecular complexity index is 433. The van der Waals surface area contributed by atoms with Crippen molar-refractivity contribution in [3.8, 4) is 5.75 Å². The summed E-state index contributed by atoms with van der Waals surface area (Å²) in [5.74, 6) is 0.928. The number of nitrogens with zero attached hydrogens (tertiary/aromatic N) is 1. The van der Waals surface area contributed by atoms with Gasteiger partial charge in [0.15, 0.2) is 0 Å². The first-order valence-electron chi connectivity index (χ1n) is 7.79. The van der Waals surface area contributed by atoms with E-state index >= 15 is 0 Å². The van der Waals surface area contributed by atoms with Gasteiger partial charge in [-0.3, -0.25) is 9.29 Å². The molecule has 0 bridgehead atoms. The average molecular weight is 347 g/mol. The van der Waals surface area contributed by atoms with Crippen LogP contribution >= 0.6 is 12.4 Å². The van der Waals surface area contributed by atoms with Crippen molar-refractivity contribution in [1.82, 2.24) is 10.2 Å². The minimum absolute atomic E-state index is 0. The predicted molar refractivity (Wildman–Crippen MR) is 95.4 cm³/mol. The first-order valence-corrected chi connectivity index (χ1v) is 11.2. The summed E-state index contributed by atoms with van der Waals surface area (Å²) in [7, 11) is -1.57. The number of piperazine rings is 1. The molecule has 0 unspecified atom stereocenters. The Balaban J connectivity index is 0.00000242. The fraction of sp³-hybridized carbons (Fsp3) is 0.625. The zero-order valence-electron chi connectivity index (χ0n) is 13.8. The molecule has 1 aromatic rings. The lowest BCUT2D eigenvalue weighted by molar-refractivity contribution is 0.157. The van der Waals surface area contributed by atoms with E-state index < -0.39 is 8.32 Å². The normalized spacial score (nSPS) is 17.6. The second-order valence-corrected chi connectivity index (χ2v) is 11.0. The van der Waals surface area contributed by atoms with Crippen LogP contribution in [-0.4, -0.2) is 46.1 Å². The second kappa shape index (κ2) is 8.87. The third-order valence-electron chi connectivity index (χ3n) is 3.66. The van der Waals surface area contributed by atoms with Gasteiger partial charge in [-0.1, -0.05) is 12.1 Å². The largest absolute Gasteiger partial charge is 0.544 e. The van der Waals surface area contributed by atoms with Gasteiger partial charge in [-0.15, -0.1) is 12.4 Å². The number of alkyl halides is 1. The van der Waals surface area contributed by atoms with Crippen LogP contribution in [0, 0.1) is 0 Å². The van der Waals surface area contributed by atoms with E-state index in [9.17, 15) is 4.39 Å². The highest BCUT2D eigenvalue weighted by atomic mass is 35.5. The number of rotatable bonds is 6. The molecule has 3 nitrogen and oxygen atoms in total. The summed E-state index contributed by atoms with van der Waals surface area (Å²) < 4.78 is 18.9. The summed E-state index contributed by atoms with van der Waals surface area (Å²) in [6.07, 6.45) is 0.564. The number of benzene rings is 1. The molecule has 1 saturated heterocycles. The Labute approximate surface area is 140 Å². The van der Waals surface area contributed by atoms with Crippen molar-refractivity contribution in [3.63, 3.8) is 0 Å². The van der Waals surface area contributed by atoms with Crippen molar-refractivity contribution in [1.29, 1.82) is 0 Å². The van der Waals surface area contributed by atoms with Crippen molar-refractivity contribution in [2.45, 2.75) is 32.1 Å². The van der Waals surface area contributed by atoms with E-state index in [4.69, 9.17) is 4.43 Å². The highest BCUT2D eigenvalue weighted by Crippen LogP contribution is 2.27. The second-order valence-electron chi connectivity index (χ2n) is 6.56. The van der Waals surface area contributed by atoms with Crippen LogP contribution in [0.2, 0.25) is 19.6 Å². The Morgan fingerprint density at radius 1 is 1.18 bits per heavy atom. The fourth-order valence-electron chi connectivity index (χ4n) is 2.77. The molecule has 0 aliphatic carbocycles. The lowest BCUT2D eigenvalue weighted by Gasteiger charge is -2.35. The summed E-state index contributed by atoms with van der Waals surface area (Å²) in [6.45, 7) is 10.2. The van der Waals surface area contributed by atoms with Crippen molar-refractivity contribution in [2.75, 3.05) is 32.9 Å². The minimum Gasteiger partial charge on any atom is -0.544 e. The van der Waals surface area contributed by atoms with E-state index in [0.29, 0.717) is 6.42 Å². The fourth-order valence-corrected chi connectivity index (χ4v) is 3.61. The Hall–Kier alpha value is -0.623. The molecule has 2 rings (SSSR count). The van der Waals surface area contributed by atoms with E-state index in [2.05, 4.69) is 42.0 Å². The molecular formula is C16H28ClFN2OSi. The smallest absolute Gasteiger partial charge is 0.242 e. The molecule has 0 spiro atoms. The standard InChI is InChI=1S/C16H27FN2OSi.ClH/c1-21(2,3)20-15-6-4-14(5-7-15)16(8-9-17)19-12-10-18-11-13-19;/h4-7,16,18H,8-13H2,1-3H3;1H/t16-;/m0./s1. The van der Waals surface area contributed by atoms with Gasteiger partial charge in [0.1, 0.15) is 5.75 Å². The monoisotopic (exact) mass is 346 g/mol. The van der Waals surface area contributed by atoms with Crippen molar-refractivity contribution in [2.24, 2.45) is 0 Å². The summed E-state index contributed by atoms with van der Waals surface area (Å²) in [6, 6.07) is 8.43. The van der Waals surface area contributed by atoms with E-state index in [1.165, 1.54) is 5.56 Å². The molecule has 1 heterocycles. The molecule has 6 heteroatoms. The zero-order valence-corrected chi connectivity index (χ0v) is 15.6. The van der Waals surface area contributed by atoms with Gasteiger partial charge in [-0.05, 0) is 43.8 Å². The van der Waals surface area contributed by atoms with E-state index in [1.807, 2.05) is 12.1 Å². The molecule has 1 aliphatic rings. The SMILES string of the molecule is C[Si](C)(C)Oc1ccc([C@H](CCF)N2CCNCC2)cc1.Cl. The summed E-state index contributed by atoms with van der Waals surface area (Å²) in [5.41, 5.74) is 1.19. The quantitative estimate of drug-likeness (QED) is 0.796. The van der Waals surface area contributed by atoms with Gasteiger partial charge in [-0.25, -0.2) is 0 Å². The first-order chi connectivity index (χ1) is 9.99. The highest BCUT2D eigenvalue weighted by molar-refractivity contribution is 6.70. The molecule has 0 radical (unpaired) electrons. The molecule has 1 aliphatic heterocycles. The van der Waals surface area contributed by atoms with Crippen molar-refractivity contribution >= 4 is 20.7 Å². The molecular weight excluding hydrogens is 319 g/mol. The molecule has 0 amide bonds. The summed E-state index contributed by atoms with van der Waals surface area (Å²) in [4.78, 5) is 2.38. The number of hydrogen-bond acceptors (Lipinski definition) is 3. The topological polar surface area (TPSA) is 24.5 Å². The van der Waals surface area contributed by atoms with Crippen LogP contribution in [0.3, 0.4) is 0 Å². The highest BCUT2D eigenvalue weighted by Gasteiger charge is 2.22. The van der Waals surface area contributed by atoms with Crippen molar-refractivity contribution in [3.05, 3.63) is 29.8 Å². The van der Waals surface area contributed by atoms with Gasteiger partial charge in [0.25, 0.3) is 0 Å². The van der Waals surface area contributed by atoms with Gasteiger partial charge in [0, 0.05) is 32.2 Å². The lowest BCUT2D eigenvalue weighted by atomic mass is 10.0. The molecule has 1 atom stereocenters. The van der Waals surface area contributed by atoms with Crippen LogP contribution in [0.4, 0.5) is 4.39 Å². The lowest BCUT2D eigenvalue weighted by Crippen LogP contribution is -2.45. The van der Waals surface area contributed by atoms with E-state index in [-0.39, 0.29) is 25.1 Å². The third kappa shape index (κ3) is 5.87. The van der Waals surface area contributed by atoms with Gasteiger partial charge in [-0.2, -0.15) is 0 Å². The number of halogens is 2. The van der Waals surface area contributed by atoms with Gasteiger partial charge in [0.2, 0.25) is 8.32 Å². The maximum atomic E-state index is 12.9. The molecule has 1 aromatic carbocycles. The molecule has 0 saturated carbocycles. The summed E-state index contributed by atoms with van der Waals surface area (Å²) in [5, 5.41) is 3.35. The zero-order chi connectivity index (χ0) is 15.3. The Morgan fingerprint density at radius 3 is 2.27 bits per heavy atom. The number of nitrogens with one attached hydrogen (secondary N) is 1. The van der Waals surface area contributed by atoms with Crippen LogP contribution < -0.4 is 9.74 Å². The van der Waals surface area contributed by atoms with Crippen LogP contribution in [0.1, 0.15) is 18.0 Å². The maximum absolute atomic E-state index is 12.9. The maximum Gasteiger partial charge on any atom is 0.242 e. The first kappa shape index (κ1) is 19.4. The Morgan fingerprint density at radius 2 is 1.77 bits per heavy atom. The number of hydrogen-bond donors (Lipinski definition) is 1. The van der Waals surface area contributed by atoms with Gasteiger partial charge in [0.05, 0.1) is 6.67 Å². The van der Waals surface area contributed by atoms with Crippen molar-refractivity contribution < 1.29 is 8.82 Å². The third-order valence-corrected chi connectivity index (χ3v) is 4.51. The van der Waals surface area contributed by atoms with E-state index in [1.54, 1.807) is 0 Å². The average Bonchev–Trinajstić information content (AvgIpc) is 2.45.